The average molecular weight is 415 g/mol. The van der Waals surface area contributed by atoms with Crippen molar-refractivity contribution >= 4 is 62.5 Å². The molecule has 0 saturated heterocycles. The van der Waals surface area contributed by atoms with E-state index in [1.54, 1.807) is 42.5 Å². The minimum Gasteiger partial charge on any atom is -0.411 e. The zero-order chi connectivity index (χ0) is 16.8. The number of hydrogen-bond donors (Lipinski definition) is 2. The van der Waals surface area contributed by atoms with Crippen LogP contribution in [-0.2, 0) is 0 Å². The van der Waals surface area contributed by atoms with Gasteiger partial charge in [0.15, 0.2) is 5.71 Å². The molecule has 0 aromatic heterocycles. The lowest BCUT2D eigenvalue weighted by Gasteiger charge is -2.05. The van der Waals surface area contributed by atoms with Crippen LogP contribution in [0.4, 0.5) is 5.69 Å². The molecule has 0 unspecified atom stereocenters. The van der Waals surface area contributed by atoms with Crippen molar-refractivity contribution in [2.24, 2.45) is 10.3 Å². The fraction of sp³-hybridized carbons (Fsp3) is 0. The molecule has 118 valence electrons. The number of ketones is 1. The molecule has 2 aromatic carbocycles. The minimum atomic E-state index is -0.407. The van der Waals surface area contributed by atoms with E-state index in [9.17, 15) is 4.79 Å². The lowest BCUT2D eigenvalue weighted by molar-refractivity contribution is 0.106. The van der Waals surface area contributed by atoms with Crippen molar-refractivity contribution in [2.45, 2.75) is 0 Å². The van der Waals surface area contributed by atoms with Crippen LogP contribution in [0.25, 0.3) is 0 Å². The fourth-order valence-corrected chi connectivity index (χ4v) is 2.48. The van der Waals surface area contributed by atoms with Gasteiger partial charge in [0.1, 0.15) is 0 Å². The molecule has 8 heteroatoms. The molecule has 0 saturated carbocycles. The van der Waals surface area contributed by atoms with E-state index >= 15 is 0 Å². The highest BCUT2D eigenvalue weighted by molar-refractivity contribution is 9.10. The van der Waals surface area contributed by atoms with Crippen molar-refractivity contribution in [1.29, 1.82) is 0 Å². The van der Waals surface area contributed by atoms with Gasteiger partial charge in [-0.15, -0.1) is 0 Å². The van der Waals surface area contributed by atoms with Crippen LogP contribution in [-0.4, -0.2) is 22.9 Å². The quantitative estimate of drug-likeness (QED) is 0.317. The number of carbonyl (C=O) groups excluding carboxylic acids is 1. The van der Waals surface area contributed by atoms with Crippen LogP contribution < -0.4 is 5.43 Å². The van der Waals surface area contributed by atoms with Crippen LogP contribution in [0.1, 0.15) is 10.4 Å². The van der Waals surface area contributed by atoms with Crippen molar-refractivity contribution < 1.29 is 10.0 Å². The standard InChI is InChI=1S/C15H10BrCl2N3O2/c16-10-3-1-9(2-4-10)15(22)14(8-19-23)21-20-13-6-11(17)5-12(18)7-13/h1-8,20,23H/b19-8+,21-14-. The predicted molar refractivity (Wildman–Crippen MR) is 96.3 cm³/mol. The van der Waals surface area contributed by atoms with Crippen LogP contribution in [0.3, 0.4) is 0 Å². The molecule has 0 atom stereocenters. The molecule has 0 aliphatic rings. The van der Waals surface area contributed by atoms with Gasteiger partial charge in [0.2, 0.25) is 5.78 Å². The van der Waals surface area contributed by atoms with E-state index in [4.69, 9.17) is 28.4 Å². The van der Waals surface area contributed by atoms with Gasteiger partial charge in [-0.05, 0) is 42.5 Å². The average Bonchev–Trinajstić information content (AvgIpc) is 2.50. The number of benzene rings is 2. The van der Waals surface area contributed by atoms with Gasteiger partial charge in [0, 0.05) is 20.1 Å². The monoisotopic (exact) mass is 413 g/mol. The van der Waals surface area contributed by atoms with Gasteiger partial charge in [-0.1, -0.05) is 44.3 Å². The van der Waals surface area contributed by atoms with E-state index < -0.39 is 5.78 Å². The molecule has 0 bridgehead atoms. The number of hydrogen-bond acceptors (Lipinski definition) is 5. The summed E-state index contributed by atoms with van der Waals surface area (Å²) in [5.41, 5.74) is 3.48. The summed E-state index contributed by atoms with van der Waals surface area (Å²) >= 11 is 15.1. The number of oxime groups is 1. The summed E-state index contributed by atoms with van der Waals surface area (Å²) in [4.78, 5) is 12.4. The van der Waals surface area contributed by atoms with Gasteiger partial charge in [-0.3, -0.25) is 10.2 Å². The van der Waals surface area contributed by atoms with E-state index in [1.165, 1.54) is 0 Å². The molecule has 0 aliphatic heterocycles. The van der Waals surface area contributed by atoms with E-state index in [-0.39, 0.29) is 5.71 Å². The van der Waals surface area contributed by atoms with Crippen LogP contribution in [0, 0.1) is 0 Å². The molecule has 0 amide bonds. The number of rotatable bonds is 5. The Kier molecular flexibility index (Phi) is 6.15. The van der Waals surface area contributed by atoms with Crippen molar-refractivity contribution in [2.75, 3.05) is 5.43 Å². The first-order valence-corrected chi connectivity index (χ1v) is 7.82. The SMILES string of the molecule is O=C(C(/C=N/O)=N\Nc1cc(Cl)cc(Cl)c1)c1ccc(Br)cc1. The number of anilines is 1. The van der Waals surface area contributed by atoms with Crippen molar-refractivity contribution in [3.63, 3.8) is 0 Å². The van der Waals surface area contributed by atoms with Crippen molar-refractivity contribution in [3.05, 3.63) is 62.5 Å². The first-order chi connectivity index (χ1) is 11.0. The Balaban J connectivity index is 2.26. The van der Waals surface area contributed by atoms with Gasteiger partial charge in [-0.2, -0.15) is 5.10 Å². The third-order valence-corrected chi connectivity index (χ3v) is 3.65. The number of nitrogens with zero attached hydrogens (tertiary/aromatic N) is 2. The van der Waals surface area contributed by atoms with Crippen LogP contribution in [0.5, 0.6) is 0 Å². The summed E-state index contributed by atoms with van der Waals surface area (Å²) < 4.78 is 0.843. The third kappa shape index (κ3) is 5.06. The van der Waals surface area contributed by atoms with E-state index in [0.29, 0.717) is 21.3 Å². The first kappa shape index (κ1) is 17.5. The van der Waals surface area contributed by atoms with Crippen LogP contribution in [0.2, 0.25) is 10.0 Å². The largest absolute Gasteiger partial charge is 0.411 e. The number of hydrazone groups is 1. The maximum absolute atomic E-state index is 12.4. The molecular weight excluding hydrogens is 405 g/mol. The number of nitrogens with one attached hydrogen (secondary N) is 1. The summed E-state index contributed by atoms with van der Waals surface area (Å²) in [7, 11) is 0. The van der Waals surface area contributed by atoms with E-state index in [1.807, 2.05) is 0 Å². The smallest absolute Gasteiger partial charge is 0.214 e. The lowest BCUT2D eigenvalue weighted by Crippen LogP contribution is -2.17. The molecule has 0 spiro atoms. The second-order valence-corrected chi connectivity index (χ2v) is 6.14. The second kappa shape index (κ2) is 8.10. The Morgan fingerprint density at radius 2 is 1.74 bits per heavy atom. The molecule has 23 heavy (non-hydrogen) atoms. The van der Waals surface area contributed by atoms with Crippen molar-refractivity contribution in [1.82, 2.24) is 0 Å². The molecule has 5 nitrogen and oxygen atoms in total. The molecule has 0 fully saturated rings. The second-order valence-electron chi connectivity index (χ2n) is 4.35. The Morgan fingerprint density at radius 3 is 2.30 bits per heavy atom. The highest BCUT2D eigenvalue weighted by atomic mass is 79.9. The fourth-order valence-electron chi connectivity index (χ4n) is 1.69. The Morgan fingerprint density at radius 1 is 1.13 bits per heavy atom. The van der Waals surface area contributed by atoms with E-state index in [2.05, 4.69) is 31.6 Å². The number of carbonyl (C=O) groups is 1. The molecular formula is C15H10BrCl2N3O2. The summed E-state index contributed by atoms with van der Waals surface area (Å²) in [6.45, 7) is 0. The topological polar surface area (TPSA) is 74.0 Å². The Labute approximate surface area is 150 Å². The first-order valence-electron chi connectivity index (χ1n) is 6.27. The van der Waals surface area contributed by atoms with E-state index in [0.717, 1.165) is 10.7 Å². The van der Waals surface area contributed by atoms with Gasteiger partial charge in [0.25, 0.3) is 0 Å². The third-order valence-electron chi connectivity index (χ3n) is 2.69. The van der Waals surface area contributed by atoms with Gasteiger partial charge in [0.05, 0.1) is 11.9 Å². The maximum atomic E-state index is 12.4. The molecule has 2 rings (SSSR count). The maximum Gasteiger partial charge on any atom is 0.214 e. The van der Waals surface area contributed by atoms with Gasteiger partial charge >= 0.3 is 0 Å². The Hall–Kier alpha value is -1.89. The summed E-state index contributed by atoms with van der Waals surface area (Å²) in [6.07, 6.45) is 0.948. The summed E-state index contributed by atoms with van der Waals surface area (Å²) in [6, 6.07) is 11.5. The lowest BCUT2D eigenvalue weighted by atomic mass is 10.1. The molecule has 2 N–H and O–H groups in total. The zero-order valence-electron chi connectivity index (χ0n) is 11.5. The Bertz CT molecular complexity index is 757. The highest BCUT2D eigenvalue weighted by Crippen LogP contribution is 2.22. The van der Waals surface area contributed by atoms with Crippen LogP contribution in [0.15, 0.2) is 57.2 Å². The zero-order valence-corrected chi connectivity index (χ0v) is 14.6. The predicted octanol–water partition coefficient (Wildman–Crippen LogP) is 4.87. The minimum absolute atomic E-state index is 0.0779. The molecule has 2 aromatic rings. The normalized spacial score (nSPS) is 11.7. The van der Waals surface area contributed by atoms with Crippen LogP contribution >= 0.6 is 39.1 Å². The highest BCUT2D eigenvalue weighted by Gasteiger charge is 2.13. The molecule has 0 aliphatic carbocycles. The molecule has 0 radical (unpaired) electrons. The summed E-state index contributed by atoms with van der Waals surface area (Å²) in [5.74, 6) is -0.407. The number of halogens is 3. The van der Waals surface area contributed by atoms with Gasteiger partial charge in [-0.25, -0.2) is 0 Å². The van der Waals surface area contributed by atoms with Crippen molar-refractivity contribution in [3.8, 4) is 0 Å². The van der Waals surface area contributed by atoms with Gasteiger partial charge < -0.3 is 5.21 Å². The molecule has 0 heterocycles. The number of Topliss-reactive ketones (excluding diaryl/α,β-unsaturated/α-hetero) is 1. The summed E-state index contributed by atoms with van der Waals surface area (Å²) in [5, 5.41) is 16.4.